The summed E-state index contributed by atoms with van der Waals surface area (Å²) >= 11 is 0. The summed E-state index contributed by atoms with van der Waals surface area (Å²) in [6.07, 6.45) is 4.91. The minimum absolute atomic E-state index is 0.148. The van der Waals surface area contributed by atoms with Gasteiger partial charge in [-0.2, -0.15) is 0 Å². The molecule has 0 unspecified atom stereocenters. The second kappa shape index (κ2) is 11.6. The van der Waals surface area contributed by atoms with Gasteiger partial charge in [0.25, 0.3) is 5.91 Å². The predicted molar refractivity (Wildman–Crippen MR) is 151 cm³/mol. The van der Waals surface area contributed by atoms with E-state index < -0.39 is 12.1 Å². The molecular weight excluding hydrogens is 530 g/mol. The third-order valence-corrected chi connectivity index (χ3v) is 8.20. The van der Waals surface area contributed by atoms with Gasteiger partial charge in [0.1, 0.15) is 18.5 Å². The van der Waals surface area contributed by atoms with Crippen molar-refractivity contribution in [3.8, 4) is 11.3 Å². The van der Waals surface area contributed by atoms with Gasteiger partial charge in [0, 0.05) is 43.0 Å². The number of aromatic nitrogens is 3. The average Bonchev–Trinajstić information content (AvgIpc) is 3.70. The first-order valence-corrected chi connectivity index (χ1v) is 14.3. The summed E-state index contributed by atoms with van der Waals surface area (Å²) in [7, 11) is 0. The Labute approximate surface area is 236 Å². The number of aliphatic carboxylic acids is 1. The molecule has 216 valence electrons. The number of rotatable bonds is 9. The van der Waals surface area contributed by atoms with Crippen molar-refractivity contribution < 1.29 is 23.5 Å². The third kappa shape index (κ3) is 5.69. The number of nitrogens with one attached hydrogen (secondary N) is 2. The van der Waals surface area contributed by atoms with Crippen molar-refractivity contribution in [3.63, 3.8) is 0 Å². The van der Waals surface area contributed by atoms with Gasteiger partial charge in [0.15, 0.2) is 0 Å². The number of halogens is 2. The molecular formula is C30H34F2N6O3. The number of carboxylic acid groups (broad SMARTS) is 1. The van der Waals surface area contributed by atoms with Crippen molar-refractivity contribution in [3.05, 3.63) is 59.5 Å². The number of carbonyl (C=O) groups excluding carboxylic acids is 1. The van der Waals surface area contributed by atoms with Gasteiger partial charge in [-0.05, 0) is 81.1 Å². The standard InChI is InChI=1S/C30H34F2N6O3/c31-21-8-13-36(14-9-21)12-2-11-34-29(41)20-5-7-26-27(16-20)38(18-28(39)40)30-35-25(17-37(26)30)22-6-4-19(15-23(22)32)24-3-1-10-33-24/h4-7,15-17,21,24,33H,1-3,8-14,18H2,(H,34,41)(H,39,40)/t24-/m1/s1. The number of carboxylic acids is 1. The molecule has 4 aromatic rings. The van der Waals surface area contributed by atoms with Crippen LogP contribution in [0.4, 0.5) is 8.78 Å². The normalized spacial score (nSPS) is 18.4. The molecule has 2 aromatic heterocycles. The highest BCUT2D eigenvalue weighted by Gasteiger charge is 2.22. The van der Waals surface area contributed by atoms with Gasteiger partial charge in [0.05, 0.1) is 16.7 Å². The van der Waals surface area contributed by atoms with E-state index >= 15 is 4.39 Å². The lowest BCUT2D eigenvalue weighted by molar-refractivity contribution is -0.137. The molecule has 1 atom stereocenters. The smallest absolute Gasteiger partial charge is 0.323 e. The van der Waals surface area contributed by atoms with Gasteiger partial charge in [-0.25, -0.2) is 13.8 Å². The molecule has 41 heavy (non-hydrogen) atoms. The van der Waals surface area contributed by atoms with Crippen LogP contribution in [-0.4, -0.2) is 74.7 Å². The third-order valence-electron chi connectivity index (χ3n) is 8.20. The van der Waals surface area contributed by atoms with E-state index in [-0.39, 0.29) is 24.3 Å². The number of benzene rings is 2. The molecule has 3 N–H and O–H groups in total. The minimum Gasteiger partial charge on any atom is -0.480 e. The molecule has 0 aliphatic carbocycles. The molecule has 0 bridgehead atoms. The highest BCUT2D eigenvalue weighted by molar-refractivity contribution is 5.98. The van der Waals surface area contributed by atoms with Gasteiger partial charge in [-0.15, -0.1) is 0 Å². The molecule has 11 heteroatoms. The first-order valence-electron chi connectivity index (χ1n) is 14.3. The topological polar surface area (TPSA) is 104 Å². The van der Waals surface area contributed by atoms with E-state index in [4.69, 9.17) is 0 Å². The summed E-state index contributed by atoms with van der Waals surface area (Å²) < 4.78 is 31.8. The lowest BCUT2D eigenvalue weighted by Gasteiger charge is -2.28. The fourth-order valence-electron chi connectivity index (χ4n) is 6.01. The lowest BCUT2D eigenvalue weighted by atomic mass is 10.0. The van der Waals surface area contributed by atoms with Crippen LogP contribution in [0.5, 0.6) is 0 Å². The molecule has 4 heterocycles. The van der Waals surface area contributed by atoms with Crippen molar-refractivity contribution in [2.75, 3.05) is 32.7 Å². The first-order chi connectivity index (χ1) is 19.9. The molecule has 6 rings (SSSR count). The monoisotopic (exact) mass is 564 g/mol. The van der Waals surface area contributed by atoms with Crippen molar-refractivity contribution in [2.45, 2.75) is 50.9 Å². The van der Waals surface area contributed by atoms with Crippen molar-refractivity contribution in [2.24, 2.45) is 0 Å². The van der Waals surface area contributed by atoms with Crippen LogP contribution in [0.15, 0.2) is 42.6 Å². The van der Waals surface area contributed by atoms with E-state index in [1.54, 1.807) is 40.9 Å². The van der Waals surface area contributed by atoms with Crippen LogP contribution in [0.25, 0.3) is 28.1 Å². The van der Waals surface area contributed by atoms with E-state index in [9.17, 15) is 19.1 Å². The van der Waals surface area contributed by atoms with Crippen LogP contribution in [-0.2, 0) is 11.3 Å². The number of hydrogen-bond acceptors (Lipinski definition) is 5. The minimum atomic E-state index is -1.06. The van der Waals surface area contributed by atoms with Gasteiger partial charge < -0.3 is 20.6 Å². The van der Waals surface area contributed by atoms with Crippen LogP contribution in [0, 0.1) is 5.82 Å². The van der Waals surface area contributed by atoms with Gasteiger partial charge in [0.2, 0.25) is 5.78 Å². The van der Waals surface area contributed by atoms with Crippen molar-refractivity contribution in [1.29, 1.82) is 0 Å². The largest absolute Gasteiger partial charge is 0.480 e. The molecule has 0 radical (unpaired) electrons. The number of fused-ring (bicyclic) bond motifs is 3. The van der Waals surface area contributed by atoms with E-state index in [1.165, 1.54) is 4.57 Å². The van der Waals surface area contributed by atoms with Crippen LogP contribution in [0.3, 0.4) is 0 Å². The molecule has 2 saturated heterocycles. The van der Waals surface area contributed by atoms with E-state index in [1.807, 2.05) is 6.07 Å². The number of hydrogen-bond donors (Lipinski definition) is 3. The summed E-state index contributed by atoms with van der Waals surface area (Å²) in [4.78, 5) is 31.5. The number of alkyl halides is 1. The van der Waals surface area contributed by atoms with E-state index in [2.05, 4.69) is 20.5 Å². The first kappa shape index (κ1) is 27.3. The van der Waals surface area contributed by atoms with E-state index in [0.29, 0.717) is 53.0 Å². The Bertz CT molecular complexity index is 1580. The lowest BCUT2D eigenvalue weighted by Crippen LogP contribution is -2.36. The van der Waals surface area contributed by atoms with Crippen LogP contribution in [0.1, 0.15) is 54.1 Å². The van der Waals surface area contributed by atoms with Crippen LogP contribution in [0.2, 0.25) is 0 Å². The number of nitrogens with zero attached hydrogens (tertiary/aromatic N) is 4. The molecule has 2 aliphatic heterocycles. The summed E-state index contributed by atoms with van der Waals surface area (Å²) in [5, 5.41) is 15.9. The Hall–Kier alpha value is -3.83. The number of imidazole rings is 2. The Morgan fingerprint density at radius 3 is 2.66 bits per heavy atom. The highest BCUT2D eigenvalue weighted by atomic mass is 19.1. The molecule has 2 aliphatic rings. The fraction of sp³-hybridized carbons (Fsp3) is 0.433. The SMILES string of the molecule is O=C(O)Cn1c2cc(C(=O)NCCCN3CCC(F)CC3)ccc2n2cc(-c3ccc([C@H]4CCCN4)cc3F)nc12. The summed E-state index contributed by atoms with van der Waals surface area (Å²) in [5.41, 5.74) is 3.27. The maximum Gasteiger partial charge on any atom is 0.323 e. The number of carbonyl (C=O) groups is 2. The number of piperidine rings is 1. The summed E-state index contributed by atoms with van der Waals surface area (Å²) in [6.45, 7) is 3.33. The molecule has 0 saturated carbocycles. The van der Waals surface area contributed by atoms with Crippen molar-refractivity contribution >= 4 is 28.7 Å². The maximum absolute atomic E-state index is 15.2. The Morgan fingerprint density at radius 2 is 1.93 bits per heavy atom. The summed E-state index contributed by atoms with van der Waals surface area (Å²) in [5.74, 6) is -1.33. The van der Waals surface area contributed by atoms with Crippen molar-refractivity contribution in [1.82, 2.24) is 29.5 Å². The number of amides is 1. The van der Waals surface area contributed by atoms with Gasteiger partial charge in [-0.1, -0.05) is 6.07 Å². The zero-order chi connectivity index (χ0) is 28.5. The number of likely N-dealkylation sites (tertiary alicyclic amines) is 1. The second-order valence-corrected chi connectivity index (χ2v) is 11.0. The molecule has 2 aromatic carbocycles. The molecule has 9 nitrogen and oxygen atoms in total. The second-order valence-electron chi connectivity index (χ2n) is 11.0. The highest BCUT2D eigenvalue weighted by Crippen LogP contribution is 2.31. The van der Waals surface area contributed by atoms with E-state index in [0.717, 1.165) is 51.0 Å². The fourth-order valence-corrected chi connectivity index (χ4v) is 6.01. The van der Waals surface area contributed by atoms with Crippen LogP contribution < -0.4 is 10.6 Å². The van der Waals surface area contributed by atoms with Crippen LogP contribution >= 0.6 is 0 Å². The quantitative estimate of drug-likeness (QED) is 0.264. The Balaban J connectivity index is 1.22. The Kier molecular flexibility index (Phi) is 7.72. The molecule has 1 amide bonds. The summed E-state index contributed by atoms with van der Waals surface area (Å²) in [6, 6.07) is 10.4. The zero-order valence-electron chi connectivity index (χ0n) is 22.8. The maximum atomic E-state index is 15.2. The predicted octanol–water partition coefficient (Wildman–Crippen LogP) is 4.16. The zero-order valence-corrected chi connectivity index (χ0v) is 22.8. The molecule has 0 spiro atoms. The Morgan fingerprint density at radius 1 is 1.10 bits per heavy atom. The van der Waals surface area contributed by atoms with Gasteiger partial charge in [-0.3, -0.25) is 18.6 Å². The average molecular weight is 565 g/mol. The molecule has 2 fully saturated rings. The van der Waals surface area contributed by atoms with Gasteiger partial charge >= 0.3 is 5.97 Å².